The Morgan fingerprint density at radius 2 is 1.77 bits per heavy atom. The fraction of sp³-hybridized carbons (Fsp3) is 0.244. The standard InChI is InChI=1S/C39H36FN5O5S.C2H6.H2/c1-25-11-13-26(14-12-25)37-35(38(46)41-2)31-22-30(33(23-34(31)50-37)45(18-15-40)51(3,48)49)27-7-4-8-28(21-27)39(47)44-20-19-43-17-6-10-32(43)36(44)29-9-5-16-42-24-29;1-2;/h4-14,16-17,21-24,36H,15,18-20H2,1-3H3,(H,41,46);1-2H3;1H. The zero-order chi connectivity index (χ0) is 37.9. The zero-order valence-corrected chi connectivity index (χ0v) is 31.2. The topological polar surface area (TPSA) is 118 Å². The molecule has 6 aromatic rings. The number of rotatable bonds is 9. The lowest BCUT2D eigenvalue weighted by Crippen LogP contribution is -2.42. The van der Waals surface area contributed by atoms with Gasteiger partial charge >= 0.3 is 0 Å². The minimum absolute atomic E-state index is 0. The van der Waals surface area contributed by atoms with E-state index in [-0.39, 0.29) is 30.2 Å². The van der Waals surface area contributed by atoms with Crippen molar-refractivity contribution < 1.29 is 28.2 Å². The summed E-state index contributed by atoms with van der Waals surface area (Å²) in [6, 6.07) is 25.0. The number of halogens is 1. The van der Waals surface area contributed by atoms with Crippen molar-refractivity contribution >= 4 is 38.5 Å². The van der Waals surface area contributed by atoms with Crippen LogP contribution in [0.15, 0.2) is 108 Å². The molecule has 1 unspecified atom stereocenters. The number of benzene rings is 3. The second-order valence-corrected chi connectivity index (χ2v) is 14.4. The minimum Gasteiger partial charge on any atom is -0.455 e. The Balaban J connectivity index is 0.00000184. The number of carbonyl (C=O) groups excluding carboxylic acids is 2. The molecular formula is C41H44FN5O5S. The third-order valence-electron chi connectivity index (χ3n) is 9.25. The largest absolute Gasteiger partial charge is 0.455 e. The number of hydrogen-bond acceptors (Lipinski definition) is 6. The molecule has 0 aliphatic carbocycles. The highest BCUT2D eigenvalue weighted by Gasteiger charge is 2.33. The number of nitrogens with zero attached hydrogens (tertiary/aromatic N) is 4. The van der Waals surface area contributed by atoms with Gasteiger partial charge in [0, 0.05) is 74.0 Å². The molecule has 0 spiro atoms. The van der Waals surface area contributed by atoms with Gasteiger partial charge in [-0.1, -0.05) is 61.9 Å². The van der Waals surface area contributed by atoms with E-state index in [1.54, 1.807) is 42.7 Å². The highest BCUT2D eigenvalue weighted by molar-refractivity contribution is 7.92. The van der Waals surface area contributed by atoms with Gasteiger partial charge in [0.15, 0.2) is 0 Å². The normalized spacial score (nSPS) is 13.9. The van der Waals surface area contributed by atoms with Gasteiger partial charge in [-0.25, -0.2) is 12.8 Å². The Morgan fingerprint density at radius 1 is 1.00 bits per heavy atom. The fourth-order valence-corrected chi connectivity index (χ4v) is 7.76. The SMILES string of the molecule is CC.CNC(=O)c1c(-c2ccc(C)cc2)oc2cc(N(CCF)S(C)(=O)=O)c(-c3cccc(C(=O)N4CCn5cccc5C4c4cccnc4)c3)cc12.[HH]. The molecule has 1 atom stereocenters. The molecule has 0 fully saturated rings. The van der Waals surface area contributed by atoms with Crippen LogP contribution in [0.1, 0.15) is 58.9 Å². The number of nitrogens with one attached hydrogen (secondary N) is 1. The van der Waals surface area contributed by atoms with Crippen LogP contribution in [-0.4, -0.2) is 67.8 Å². The molecule has 276 valence electrons. The van der Waals surface area contributed by atoms with Gasteiger partial charge in [0.05, 0.1) is 30.1 Å². The van der Waals surface area contributed by atoms with Crippen LogP contribution in [0.5, 0.6) is 0 Å². The molecular weight excluding hydrogens is 694 g/mol. The average Bonchev–Trinajstić information content (AvgIpc) is 3.81. The maximum absolute atomic E-state index is 14.4. The van der Waals surface area contributed by atoms with E-state index >= 15 is 0 Å². The van der Waals surface area contributed by atoms with Crippen molar-refractivity contribution in [3.05, 3.63) is 131 Å². The van der Waals surface area contributed by atoms with Crippen LogP contribution < -0.4 is 9.62 Å². The number of furan rings is 1. The number of hydrogen-bond donors (Lipinski definition) is 1. The van der Waals surface area contributed by atoms with Crippen molar-refractivity contribution in [1.29, 1.82) is 0 Å². The summed E-state index contributed by atoms with van der Waals surface area (Å²) in [6.07, 6.45) is 6.46. The maximum atomic E-state index is 14.4. The Kier molecular flexibility index (Phi) is 10.8. The van der Waals surface area contributed by atoms with Crippen molar-refractivity contribution in [1.82, 2.24) is 19.8 Å². The number of alkyl halides is 1. The highest BCUT2D eigenvalue weighted by atomic mass is 32.2. The van der Waals surface area contributed by atoms with Crippen LogP contribution in [0.4, 0.5) is 10.1 Å². The van der Waals surface area contributed by atoms with Crippen LogP contribution in [0.2, 0.25) is 0 Å². The van der Waals surface area contributed by atoms with Crippen LogP contribution in [0, 0.1) is 6.92 Å². The third kappa shape index (κ3) is 7.19. The van der Waals surface area contributed by atoms with Crippen LogP contribution in [0.25, 0.3) is 33.4 Å². The summed E-state index contributed by atoms with van der Waals surface area (Å²) in [5, 5.41) is 3.13. The van der Waals surface area contributed by atoms with E-state index in [4.69, 9.17) is 4.42 Å². The summed E-state index contributed by atoms with van der Waals surface area (Å²) >= 11 is 0. The zero-order valence-electron chi connectivity index (χ0n) is 30.3. The molecule has 1 aliphatic rings. The lowest BCUT2D eigenvalue weighted by Gasteiger charge is -2.37. The number of aromatic nitrogens is 2. The van der Waals surface area contributed by atoms with E-state index < -0.39 is 29.1 Å². The smallest absolute Gasteiger partial charge is 0.255 e. The van der Waals surface area contributed by atoms with Gasteiger partial charge in [0.1, 0.15) is 18.0 Å². The molecule has 1 aliphatic heterocycles. The molecule has 12 heteroatoms. The van der Waals surface area contributed by atoms with E-state index in [2.05, 4.69) is 14.9 Å². The number of anilines is 1. The third-order valence-corrected chi connectivity index (χ3v) is 10.4. The lowest BCUT2D eigenvalue weighted by atomic mass is 9.96. The minimum atomic E-state index is -3.98. The predicted octanol–water partition coefficient (Wildman–Crippen LogP) is 7.88. The average molecular weight is 738 g/mol. The Morgan fingerprint density at radius 3 is 2.45 bits per heavy atom. The molecule has 0 saturated carbocycles. The molecule has 0 saturated heterocycles. The van der Waals surface area contributed by atoms with E-state index in [1.807, 2.05) is 80.4 Å². The predicted molar refractivity (Wildman–Crippen MR) is 208 cm³/mol. The van der Waals surface area contributed by atoms with Crippen LogP contribution in [-0.2, 0) is 16.6 Å². The molecule has 0 radical (unpaired) electrons. The number of amides is 2. The quantitative estimate of drug-likeness (QED) is 0.161. The monoisotopic (exact) mass is 737 g/mol. The van der Waals surface area contributed by atoms with Crippen molar-refractivity contribution in [3.63, 3.8) is 0 Å². The molecule has 2 amide bonds. The summed E-state index contributed by atoms with van der Waals surface area (Å²) in [7, 11) is -2.45. The van der Waals surface area contributed by atoms with E-state index in [0.29, 0.717) is 46.5 Å². The summed E-state index contributed by atoms with van der Waals surface area (Å²) in [6.45, 7) is 5.64. The van der Waals surface area contributed by atoms with Gasteiger partial charge in [0.25, 0.3) is 11.8 Å². The first-order valence-corrected chi connectivity index (χ1v) is 19.3. The van der Waals surface area contributed by atoms with Gasteiger partial charge in [0.2, 0.25) is 10.0 Å². The molecule has 1 N–H and O–H groups in total. The van der Waals surface area contributed by atoms with E-state index in [9.17, 15) is 22.4 Å². The van der Waals surface area contributed by atoms with Crippen LogP contribution in [0.3, 0.4) is 0 Å². The number of carbonyl (C=O) groups is 2. The second-order valence-electron chi connectivity index (χ2n) is 12.5. The molecule has 4 heterocycles. The van der Waals surface area contributed by atoms with Crippen molar-refractivity contribution in [2.75, 3.05) is 37.4 Å². The number of aryl methyl sites for hydroxylation is 1. The molecule has 0 bridgehead atoms. The van der Waals surface area contributed by atoms with Gasteiger partial charge < -0.3 is 19.2 Å². The molecule has 7 rings (SSSR count). The number of sulfonamides is 1. The van der Waals surface area contributed by atoms with Gasteiger partial charge in [-0.3, -0.25) is 18.9 Å². The van der Waals surface area contributed by atoms with Crippen molar-refractivity contribution in [3.8, 4) is 22.5 Å². The van der Waals surface area contributed by atoms with Gasteiger partial charge in [-0.05, 0) is 54.4 Å². The lowest BCUT2D eigenvalue weighted by molar-refractivity contribution is 0.0663. The highest BCUT2D eigenvalue weighted by Crippen LogP contribution is 2.42. The first kappa shape index (κ1) is 37.0. The number of fused-ring (bicyclic) bond motifs is 2. The summed E-state index contributed by atoms with van der Waals surface area (Å²) in [5.41, 5.74) is 5.45. The summed E-state index contributed by atoms with van der Waals surface area (Å²) < 4.78 is 49.7. The van der Waals surface area contributed by atoms with Crippen molar-refractivity contribution in [2.24, 2.45) is 0 Å². The van der Waals surface area contributed by atoms with E-state index in [1.165, 1.54) is 13.1 Å². The first-order valence-electron chi connectivity index (χ1n) is 17.5. The second kappa shape index (κ2) is 15.5. The first-order chi connectivity index (χ1) is 25.6. The summed E-state index contributed by atoms with van der Waals surface area (Å²) in [5.74, 6) is -0.309. The summed E-state index contributed by atoms with van der Waals surface area (Å²) in [4.78, 5) is 34.0. The Hall–Kier alpha value is -5.75. The fourth-order valence-electron chi connectivity index (χ4n) is 6.85. The number of pyridine rings is 1. The molecule has 3 aromatic carbocycles. The Labute approximate surface area is 310 Å². The van der Waals surface area contributed by atoms with Gasteiger partial charge in [-0.2, -0.15) is 0 Å². The van der Waals surface area contributed by atoms with Gasteiger partial charge in [-0.15, -0.1) is 0 Å². The maximum Gasteiger partial charge on any atom is 0.255 e. The Bertz CT molecular complexity index is 2380. The van der Waals surface area contributed by atoms with Crippen molar-refractivity contribution in [2.45, 2.75) is 33.4 Å². The molecule has 53 heavy (non-hydrogen) atoms. The molecule has 3 aromatic heterocycles. The molecule has 10 nitrogen and oxygen atoms in total. The van der Waals surface area contributed by atoms with Crippen LogP contribution >= 0.6 is 0 Å². The van der Waals surface area contributed by atoms with E-state index in [0.717, 1.165) is 27.4 Å².